The van der Waals surface area contributed by atoms with Gasteiger partial charge in [0.25, 0.3) is 0 Å². The number of benzene rings is 1. The van der Waals surface area contributed by atoms with Gasteiger partial charge in [0.15, 0.2) is 0 Å². The topological polar surface area (TPSA) is 21.3 Å². The maximum atomic E-state index is 6.04. The van der Waals surface area contributed by atoms with Gasteiger partial charge in [-0.25, -0.2) is 0 Å². The Morgan fingerprint density at radius 3 is 2.47 bits per heavy atom. The molecule has 2 nitrogen and oxygen atoms in total. The van der Waals surface area contributed by atoms with Crippen LogP contribution in [0.25, 0.3) is 0 Å². The van der Waals surface area contributed by atoms with E-state index < -0.39 is 0 Å². The van der Waals surface area contributed by atoms with E-state index in [4.69, 9.17) is 27.9 Å². The van der Waals surface area contributed by atoms with E-state index in [1.54, 1.807) is 6.07 Å². The van der Waals surface area contributed by atoms with Crippen molar-refractivity contribution in [1.82, 2.24) is 0 Å². The minimum absolute atomic E-state index is 0.352. The number of nitrogens with one attached hydrogen (secondary N) is 1. The van der Waals surface area contributed by atoms with Crippen molar-refractivity contribution in [2.45, 2.75) is 44.8 Å². The van der Waals surface area contributed by atoms with Crippen LogP contribution < -0.4 is 5.32 Å². The number of hydrogen-bond acceptors (Lipinski definition) is 2. The van der Waals surface area contributed by atoms with Crippen LogP contribution in [0, 0.1) is 5.41 Å². The molecule has 3 rings (SSSR count). The standard InChI is InChI=1S/C15H19Cl2NO/c1-2-19-14-9-13(15(14)4-3-5-15)18-12-7-10(16)6-11(17)8-12/h6-8,13-14,18H,2-5,9H2,1H3. The molecule has 1 aromatic rings. The Balaban J connectivity index is 1.71. The molecular formula is C15H19Cl2NO. The number of rotatable bonds is 4. The summed E-state index contributed by atoms with van der Waals surface area (Å²) in [6, 6.07) is 6.13. The normalized spacial score (nSPS) is 27.7. The molecule has 1 aromatic carbocycles. The highest BCUT2D eigenvalue weighted by molar-refractivity contribution is 6.35. The minimum atomic E-state index is 0.352. The predicted octanol–water partition coefficient (Wildman–Crippen LogP) is 4.75. The first kappa shape index (κ1) is 13.5. The van der Waals surface area contributed by atoms with Gasteiger partial charge < -0.3 is 10.1 Å². The minimum Gasteiger partial charge on any atom is -0.381 e. The Hall–Kier alpha value is -0.440. The molecule has 0 radical (unpaired) electrons. The van der Waals surface area contributed by atoms with Gasteiger partial charge in [0, 0.05) is 33.8 Å². The van der Waals surface area contributed by atoms with Crippen molar-refractivity contribution in [2.24, 2.45) is 5.41 Å². The number of halogens is 2. The Bertz CT molecular complexity index is 453. The Morgan fingerprint density at radius 2 is 1.95 bits per heavy atom. The maximum Gasteiger partial charge on any atom is 0.0670 e. The van der Waals surface area contributed by atoms with Gasteiger partial charge in [0.2, 0.25) is 0 Å². The molecule has 0 heterocycles. The molecule has 104 valence electrons. The number of ether oxygens (including phenoxy) is 1. The highest BCUT2D eigenvalue weighted by Crippen LogP contribution is 2.58. The van der Waals surface area contributed by atoms with E-state index in [0.717, 1.165) is 18.7 Å². The zero-order valence-electron chi connectivity index (χ0n) is 11.1. The molecule has 0 amide bonds. The molecule has 2 unspecified atom stereocenters. The van der Waals surface area contributed by atoms with Crippen molar-refractivity contribution in [3.8, 4) is 0 Å². The number of hydrogen-bond donors (Lipinski definition) is 1. The van der Waals surface area contributed by atoms with Crippen LogP contribution in [0.3, 0.4) is 0 Å². The average Bonchev–Trinajstić information content (AvgIpc) is 2.23. The van der Waals surface area contributed by atoms with Gasteiger partial charge in [-0.3, -0.25) is 0 Å². The van der Waals surface area contributed by atoms with E-state index in [2.05, 4.69) is 12.2 Å². The van der Waals surface area contributed by atoms with Crippen LogP contribution in [-0.4, -0.2) is 18.8 Å². The zero-order valence-corrected chi connectivity index (χ0v) is 12.6. The van der Waals surface area contributed by atoms with Gasteiger partial charge in [0.1, 0.15) is 0 Å². The van der Waals surface area contributed by atoms with E-state index in [0.29, 0.717) is 27.6 Å². The molecule has 1 N–H and O–H groups in total. The molecule has 0 aliphatic heterocycles. The average molecular weight is 300 g/mol. The van der Waals surface area contributed by atoms with E-state index in [1.165, 1.54) is 19.3 Å². The first-order valence-electron chi connectivity index (χ1n) is 6.98. The van der Waals surface area contributed by atoms with Crippen LogP contribution >= 0.6 is 23.2 Å². The molecule has 0 bridgehead atoms. The molecule has 2 fully saturated rings. The Morgan fingerprint density at radius 1 is 1.26 bits per heavy atom. The van der Waals surface area contributed by atoms with Crippen molar-refractivity contribution in [2.75, 3.05) is 11.9 Å². The van der Waals surface area contributed by atoms with Crippen molar-refractivity contribution in [3.63, 3.8) is 0 Å². The van der Waals surface area contributed by atoms with Gasteiger partial charge >= 0.3 is 0 Å². The fourth-order valence-electron chi connectivity index (χ4n) is 3.48. The Kier molecular flexibility index (Phi) is 3.67. The fourth-order valence-corrected chi connectivity index (χ4v) is 4.01. The van der Waals surface area contributed by atoms with Crippen molar-refractivity contribution in [3.05, 3.63) is 28.2 Å². The van der Waals surface area contributed by atoms with E-state index in [-0.39, 0.29) is 0 Å². The summed E-state index contributed by atoms with van der Waals surface area (Å²) in [4.78, 5) is 0. The molecule has 2 aliphatic carbocycles. The monoisotopic (exact) mass is 299 g/mol. The van der Waals surface area contributed by atoms with Gasteiger partial charge in [-0.2, -0.15) is 0 Å². The summed E-state index contributed by atoms with van der Waals surface area (Å²) in [5.41, 5.74) is 1.37. The van der Waals surface area contributed by atoms with Gasteiger partial charge in [0.05, 0.1) is 6.10 Å². The molecule has 2 aliphatic rings. The van der Waals surface area contributed by atoms with Gasteiger partial charge in [-0.15, -0.1) is 0 Å². The van der Waals surface area contributed by atoms with Crippen LogP contribution in [0.1, 0.15) is 32.6 Å². The quantitative estimate of drug-likeness (QED) is 0.866. The fraction of sp³-hybridized carbons (Fsp3) is 0.600. The highest BCUT2D eigenvalue weighted by atomic mass is 35.5. The second-order valence-electron chi connectivity index (χ2n) is 5.62. The first-order valence-corrected chi connectivity index (χ1v) is 7.74. The third-order valence-corrected chi connectivity index (χ3v) is 5.08. The lowest BCUT2D eigenvalue weighted by atomic mass is 9.51. The molecule has 0 saturated heterocycles. The largest absolute Gasteiger partial charge is 0.381 e. The summed E-state index contributed by atoms with van der Waals surface area (Å²) in [5, 5.41) is 4.95. The lowest BCUT2D eigenvalue weighted by molar-refractivity contribution is -0.157. The van der Waals surface area contributed by atoms with Crippen LogP contribution in [0.5, 0.6) is 0 Å². The summed E-state index contributed by atoms with van der Waals surface area (Å²) in [6.45, 7) is 2.88. The SMILES string of the molecule is CCOC1CC(Nc2cc(Cl)cc(Cl)c2)C12CCC2. The molecule has 1 spiro atoms. The van der Waals surface area contributed by atoms with E-state index in [9.17, 15) is 0 Å². The first-order chi connectivity index (χ1) is 9.14. The van der Waals surface area contributed by atoms with E-state index >= 15 is 0 Å². The van der Waals surface area contributed by atoms with Crippen LogP contribution in [0.15, 0.2) is 18.2 Å². The second-order valence-corrected chi connectivity index (χ2v) is 6.49. The Labute approximate surface area is 124 Å². The van der Waals surface area contributed by atoms with Crippen LogP contribution in [0.2, 0.25) is 10.0 Å². The smallest absolute Gasteiger partial charge is 0.0670 e. The van der Waals surface area contributed by atoms with Crippen molar-refractivity contribution >= 4 is 28.9 Å². The lowest BCUT2D eigenvalue weighted by Gasteiger charge is -2.61. The zero-order chi connectivity index (χ0) is 13.5. The summed E-state index contributed by atoms with van der Waals surface area (Å²) in [6.07, 6.45) is 5.36. The third kappa shape index (κ3) is 2.35. The molecule has 2 atom stereocenters. The summed E-state index contributed by atoms with van der Waals surface area (Å²) in [5.74, 6) is 0. The van der Waals surface area contributed by atoms with E-state index in [1.807, 2.05) is 12.1 Å². The molecule has 2 saturated carbocycles. The maximum absolute atomic E-state index is 6.04. The van der Waals surface area contributed by atoms with Crippen LogP contribution in [-0.2, 0) is 4.74 Å². The highest BCUT2D eigenvalue weighted by Gasteiger charge is 2.58. The number of anilines is 1. The molecule has 4 heteroatoms. The second kappa shape index (κ2) is 5.16. The summed E-state index contributed by atoms with van der Waals surface area (Å²) < 4.78 is 5.86. The third-order valence-electron chi connectivity index (χ3n) is 4.64. The predicted molar refractivity (Wildman–Crippen MR) is 80.2 cm³/mol. The van der Waals surface area contributed by atoms with Gasteiger partial charge in [-0.05, 0) is 44.4 Å². The summed E-state index contributed by atoms with van der Waals surface area (Å²) in [7, 11) is 0. The van der Waals surface area contributed by atoms with Gasteiger partial charge in [-0.1, -0.05) is 29.6 Å². The van der Waals surface area contributed by atoms with Crippen molar-refractivity contribution in [1.29, 1.82) is 0 Å². The molecule has 19 heavy (non-hydrogen) atoms. The van der Waals surface area contributed by atoms with Crippen molar-refractivity contribution < 1.29 is 4.74 Å². The molecular weight excluding hydrogens is 281 g/mol. The molecule has 0 aromatic heterocycles. The van der Waals surface area contributed by atoms with Crippen LogP contribution in [0.4, 0.5) is 5.69 Å². The summed E-state index contributed by atoms with van der Waals surface area (Å²) >= 11 is 12.1. The lowest BCUT2D eigenvalue weighted by Crippen LogP contribution is -2.64.